The minimum Gasteiger partial charge on any atom is -0.388 e. The SMILES string of the molecule is C=C1[C@H](O)CC(=C/C=C2\CCC[C@]3(C)[C@@H]([C@H](C)CN4CC(OC(F)F)C4)CC[C@@H]23)C[C@H]1O. The zero-order valence-electron chi connectivity index (χ0n) is 19.5. The topological polar surface area (TPSA) is 52.9 Å². The molecule has 3 saturated carbocycles. The predicted molar refractivity (Wildman–Crippen MR) is 121 cm³/mol. The van der Waals surface area contributed by atoms with Crippen molar-refractivity contribution in [1.82, 2.24) is 4.90 Å². The summed E-state index contributed by atoms with van der Waals surface area (Å²) in [5.41, 5.74) is 3.43. The highest BCUT2D eigenvalue weighted by molar-refractivity contribution is 5.29. The van der Waals surface area contributed by atoms with Crippen molar-refractivity contribution in [3.05, 3.63) is 35.5 Å². The molecular weight excluding hydrogens is 412 g/mol. The lowest BCUT2D eigenvalue weighted by Gasteiger charge is -2.46. The third kappa shape index (κ3) is 4.89. The van der Waals surface area contributed by atoms with E-state index in [-0.39, 0.29) is 11.5 Å². The maximum absolute atomic E-state index is 12.4. The van der Waals surface area contributed by atoms with Crippen LogP contribution in [0, 0.1) is 23.2 Å². The average molecular weight is 452 g/mol. The zero-order valence-corrected chi connectivity index (χ0v) is 19.5. The highest BCUT2D eigenvalue weighted by atomic mass is 19.3. The first-order valence-corrected chi connectivity index (χ1v) is 12.3. The number of rotatable bonds is 6. The molecule has 32 heavy (non-hydrogen) atoms. The van der Waals surface area contributed by atoms with Crippen molar-refractivity contribution < 1.29 is 23.7 Å². The lowest BCUT2D eigenvalue weighted by Crippen LogP contribution is -2.54. The summed E-state index contributed by atoms with van der Waals surface area (Å²) in [5, 5.41) is 20.3. The summed E-state index contributed by atoms with van der Waals surface area (Å²) in [4.78, 5) is 2.26. The molecule has 6 atom stereocenters. The predicted octanol–water partition coefficient (Wildman–Crippen LogP) is 4.69. The molecule has 4 nitrogen and oxygen atoms in total. The Hall–Kier alpha value is -1.08. The minimum atomic E-state index is -2.67. The summed E-state index contributed by atoms with van der Waals surface area (Å²) >= 11 is 0. The number of fused-ring (bicyclic) bond motifs is 1. The maximum atomic E-state index is 12.4. The lowest BCUT2D eigenvalue weighted by molar-refractivity contribution is -0.197. The van der Waals surface area contributed by atoms with E-state index in [2.05, 4.69) is 42.2 Å². The van der Waals surface area contributed by atoms with Crippen molar-refractivity contribution >= 4 is 0 Å². The smallest absolute Gasteiger partial charge is 0.345 e. The van der Waals surface area contributed by atoms with E-state index in [0.29, 0.717) is 49.3 Å². The second-order valence-electron chi connectivity index (χ2n) is 10.9. The van der Waals surface area contributed by atoms with Crippen LogP contribution in [0.15, 0.2) is 35.5 Å². The van der Waals surface area contributed by atoms with Gasteiger partial charge >= 0.3 is 6.61 Å². The maximum Gasteiger partial charge on any atom is 0.345 e. The number of nitrogens with zero attached hydrogens (tertiary/aromatic N) is 1. The molecule has 0 bridgehead atoms. The minimum absolute atomic E-state index is 0.283. The van der Waals surface area contributed by atoms with Crippen LogP contribution in [0.25, 0.3) is 0 Å². The van der Waals surface area contributed by atoms with E-state index in [1.807, 2.05) is 0 Å². The van der Waals surface area contributed by atoms with E-state index in [0.717, 1.165) is 18.5 Å². The fraction of sp³-hybridized carbons (Fsp3) is 0.769. The van der Waals surface area contributed by atoms with E-state index < -0.39 is 18.8 Å². The Balaban J connectivity index is 1.38. The van der Waals surface area contributed by atoms with Crippen LogP contribution in [0.4, 0.5) is 8.78 Å². The molecular formula is C26H39F2NO3. The Kier molecular flexibility index (Phi) is 7.26. The highest BCUT2D eigenvalue weighted by Gasteiger charge is 2.51. The van der Waals surface area contributed by atoms with E-state index in [1.54, 1.807) is 0 Å². The molecule has 1 aliphatic heterocycles. The third-order valence-electron chi connectivity index (χ3n) is 8.79. The number of allylic oxidation sites excluding steroid dienone is 3. The van der Waals surface area contributed by atoms with Gasteiger partial charge in [0.1, 0.15) is 0 Å². The summed E-state index contributed by atoms with van der Waals surface area (Å²) in [7, 11) is 0. The Morgan fingerprint density at radius 3 is 2.53 bits per heavy atom. The summed E-state index contributed by atoms with van der Waals surface area (Å²) in [5.74, 6) is 1.76. The Morgan fingerprint density at radius 1 is 1.19 bits per heavy atom. The molecule has 0 unspecified atom stereocenters. The second kappa shape index (κ2) is 9.65. The number of hydrogen-bond donors (Lipinski definition) is 2. The van der Waals surface area contributed by atoms with Crippen LogP contribution in [-0.4, -0.2) is 59.7 Å². The molecule has 0 radical (unpaired) electrons. The van der Waals surface area contributed by atoms with Gasteiger partial charge in [-0.3, -0.25) is 4.90 Å². The zero-order chi connectivity index (χ0) is 23.0. The van der Waals surface area contributed by atoms with Crippen molar-refractivity contribution in [2.45, 2.75) is 83.7 Å². The number of ether oxygens (including phenoxy) is 1. The number of hydrogen-bond acceptors (Lipinski definition) is 4. The van der Waals surface area contributed by atoms with Crippen molar-refractivity contribution in [2.75, 3.05) is 19.6 Å². The molecule has 2 N–H and O–H groups in total. The van der Waals surface area contributed by atoms with Gasteiger partial charge in [0.15, 0.2) is 0 Å². The van der Waals surface area contributed by atoms with Gasteiger partial charge in [-0.15, -0.1) is 0 Å². The Labute approximate surface area is 191 Å². The molecule has 3 aliphatic carbocycles. The first-order valence-electron chi connectivity index (χ1n) is 12.3. The van der Waals surface area contributed by atoms with Crippen LogP contribution in [0.2, 0.25) is 0 Å². The van der Waals surface area contributed by atoms with Gasteiger partial charge < -0.3 is 14.9 Å². The molecule has 0 spiro atoms. The monoisotopic (exact) mass is 451 g/mol. The first-order chi connectivity index (χ1) is 15.2. The molecule has 0 aromatic carbocycles. The molecule has 180 valence electrons. The quantitative estimate of drug-likeness (QED) is 0.576. The first kappa shape index (κ1) is 24.1. The van der Waals surface area contributed by atoms with Gasteiger partial charge in [-0.05, 0) is 73.7 Å². The third-order valence-corrected chi connectivity index (χ3v) is 8.79. The molecule has 4 aliphatic rings. The molecule has 4 fully saturated rings. The molecule has 1 heterocycles. The average Bonchev–Trinajstić information content (AvgIpc) is 3.06. The summed E-state index contributed by atoms with van der Waals surface area (Å²) < 4.78 is 29.4. The lowest BCUT2D eigenvalue weighted by atomic mass is 9.61. The Bertz CT molecular complexity index is 744. The molecule has 4 rings (SSSR count). The van der Waals surface area contributed by atoms with Gasteiger partial charge in [-0.1, -0.05) is 43.7 Å². The number of likely N-dealkylation sites (tertiary alicyclic amines) is 1. The normalized spacial score (nSPS) is 38.8. The van der Waals surface area contributed by atoms with Crippen LogP contribution < -0.4 is 0 Å². The number of aliphatic hydroxyl groups excluding tert-OH is 2. The number of aliphatic hydroxyl groups is 2. The fourth-order valence-corrected chi connectivity index (χ4v) is 7.08. The van der Waals surface area contributed by atoms with E-state index in [1.165, 1.54) is 31.3 Å². The van der Waals surface area contributed by atoms with E-state index >= 15 is 0 Å². The highest BCUT2D eigenvalue weighted by Crippen LogP contribution is 2.59. The van der Waals surface area contributed by atoms with Crippen LogP contribution >= 0.6 is 0 Å². The van der Waals surface area contributed by atoms with Crippen molar-refractivity contribution in [3.63, 3.8) is 0 Å². The molecule has 1 saturated heterocycles. The van der Waals surface area contributed by atoms with Crippen molar-refractivity contribution in [3.8, 4) is 0 Å². The number of alkyl halides is 2. The van der Waals surface area contributed by atoms with E-state index in [4.69, 9.17) is 0 Å². The second-order valence-corrected chi connectivity index (χ2v) is 10.9. The van der Waals surface area contributed by atoms with Gasteiger partial charge in [0.05, 0.1) is 18.3 Å². The van der Waals surface area contributed by atoms with E-state index in [9.17, 15) is 19.0 Å². The van der Waals surface area contributed by atoms with Gasteiger partial charge in [-0.2, -0.15) is 8.78 Å². The van der Waals surface area contributed by atoms with Crippen LogP contribution in [-0.2, 0) is 4.74 Å². The summed E-state index contributed by atoms with van der Waals surface area (Å²) in [6.07, 6.45) is 9.92. The van der Waals surface area contributed by atoms with Crippen LogP contribution in [0.1, 0.15) is 58.8 Å². The van der Waals surface area contributed by atoms with Crippen molar-refractivity contribution in [2.24, 2.45) is 23.2 Å². The summed E-state index contributed by atoms with van der Waals surface area (Å²) in [6, 6.07) is 0. The Morgan fingerprint density at radius 2 is 1.88 bits per heavy atom. The van der Waals surface area contributed by atoms with Crippen LogP contribution in [0.3, 0.4) is 0 Å². The largest absolute Gasteiger partial charge is 0.388 e. The van der Waals surface area contributed by atoms with Gasteiger partial charge in [0, 0.05) is 19.6 Å². The summed E-state index contributed by atoms with van der Waals surface area (Å²) in [6.45, 7) is 8.11. The van der Waals surface area contributed by atoms with Crippen molar-refractivity contribution in [1.29, 1.82) is 0 Å². The number of halogens is 2. The molecule has 0 amide bonds. The van der Waals surface area contributed by atoms with Crippen LogP contribution in [0.5, 0.6) is 0 Å². The standard InChI is InChI=1S/C26H39F2NO3/c1-16(13-29-14-20(15-29)32-25(27)28)21-8-9-22-19(5-4-10-26(21,22)3)7-6-18-11-23(30)17(2)24(31)12-18/h6-7,16,20-25,30-31H,2,4-5,8-15H2,1,3H3/b19-7+/t16-,21-,22+,23-,24-,26-/m1/s1. The molecule has 0 aromatic heterocycles. The van der Waals surface area contributed by atoms with Gasteiger partial charge in [0.25, 0.3) is 0 Å². The van der Waals surface area contributed by atoms with Gasteiger partial charge in [-0.25, -0.2) is 0 Å². The molecule has 0 aromatic rings. The molecule has 6 heteroatoms. The van der Waals surface area contributed by atoms with Gasteiger partial charge in [0.2, 0.25) is 0 Å². The fourth-order valence-electron chi connectivity index (χ4n) is 7.08.